The number of amides is 3. The molecule has 9 nitrogen and oxygen atoms in total. The molecule has 2 aromatic carbocycles. The summed E-state index contributed by atoms with van der Waals surface area (Å²) in [4.78, 5) is 64.8. The molecule has 2 aliphatic rings. The zero-order chi connectivity index (χ0) is 32.7. The lowest BCUT2D eigenvalue weighted by Crippen LogP contribution is -2.54. The van der Waals surface area contributed by atoms with E-state index in [9.17, 15) is 41.5 Å². The zero-order valence-electron chi connectivity index (χ0n) is 24.4. The zero-order valence-corrected chi connectivity index (χ0v) is 24.4. The van der Waals surface area contributed by atoms with Gasteiger partial charge in [0.1, 0.15) is 23.7 Å². The van der Waals surface area contributed by atoms with Crippen LogP contribution in [0.15, 0.2) is 42.5 Å². The molecular weight excluding hydrogens is 598 g/mol. The highest BCUT2D eigenvalue weighted by Crippen LogP contribution is 2.33. The number of benzene rings is 2. The van der Waals surface area contributed by atoms with Crippen molar-refractivity contribution >= 4 is 29.5 Å². The quantitative estimate of drug-likeness (QED) is 0.226. The third kappa shape index (κ3) is 8.67. The summed E-state index contributed by atoms with van der Waals surface area (Å²) in [5.41, 5.74) is -0.290. The number of halogens is 4. The van der Waals surface area contributed by atoms with Gasteiger partial charge in [0.2, 0.25) is 24.0 Å². The molecule has 45 heavy (non-hydrogen) atoms. The van der Waals surface area contributed by atoms with E-state index in [1.807, 2.05) is 12.1 Å². The Hall–Kier alpha value is -4.29. The van der Waals surface area contributed by atoms with Crippen LogP contribution in [0.1, 0.15) is 72.3 Å². The van der Waals surface area contributed by atoms with Gasteiger partial charge in [-0.3, -0.25) is 19.2 Å². The summed E-state index contributed by atoms with van der Waals surface area (Å²) >= 11 is 0. The van der Waals surface area contributed by atoms with Crippen LogP contribution in [-0.2, 0) is 25.6 Å². The number of aromatic carboxylic acids is 1. The number of Topliss-reactive ketones (excluding diaryl/α,β-unsaturated/α-hetero) is 1. The highest BCUT2D eigenvalue weighted by molar-refractivity contribution is 6.36. The molecule has 1 saturated carbocycles. The van der Waals surface area contributed by atoms with Gasteiger partial charge in [-0.1, -0.05) is 56.0 Å². The summed E-state index contributed by atoms with van der Waals surface area (Å²) in [7, 11) is 0. The molecule has 0 bridgehead atoms. The predicted octanol–water partition coefficient (Wildman–Crippen LogP) is 4.00. The number of carboxylic acid groups (broad SMARTS) is 1. The van der Waals surface area contributed by atoms with Gasteiger partial charge < -0.3 is 20.6 Å². The summed E-state index contributed by atoms with van der Waals surface area (Å²) < 4.78 is 55.5. The normalized spacial score (nSPS) is 19.0. The molecular formula is C32H35F4N3O6. The predicted molar refractivity (Wildman–Crippen MR) is 153 cm³/mol. The molecule has 1 unspecified atom stereocenters. The summed E-state index contributed by atoms with van der Waals surface area (Å²) in [5.74, 6) is -7.42. The Bertz CT molecular complexity index is 1390. The van der Waals surface area contributed by atoms with E-state index < -0.39 is 90.1 Å². The molecule has 3 amide bonds. The van der Waals surface area contributed by atoms with Crippen LogP contribution >= 0.6 is 0 Å². The van der Waals surface area contributed by atoms with Gasteiger partial charge in [-0.05, 0) is 36.5 Å². The Morgan fingerprint density at radius 1 is 0.978 bits per heavy atom. The van der Waals surface area contributed by atoms with Crippen molar-refractivity contribution < 1.29 is 46.6 Å². The Morgan fingerprint density at radius 2 is 1.62 bits per heavy atom. The van der Waals surface area contributed by atoms with E-state index in [-0.39, 0.29) is 31.2 Å². The molecule has 1 saturated heterocycles. The first-order valence-corrected chi connectivity index (χ1v) is 14.9. The maximum absolute atomic E-state index is 14.3. The molecule has 13 heteroatoms. The lowest BCUT2D eigenvalue weighted by atomic mass is 9.96. The number of carboxylic acids is 1. The molecule has 0 radical (unpaired) electrons. The van der Waals surface area contributed by atoms with Gasteiger partial charge in [-0.2, -0.15) is 0 Å². The van der Waals surface area contributed by atoms with Gasteiger partial charge in [-0.15, -0.1) is 0 Å². The molecule has 1 aliphatic carbocycles. The smallest absolute Gasteiger partial charge is 0.335 e. The van der Waals surface area contributed by atoms with Gasteiger partial charge in [-0.25, -0.2) is 22.4 Å². The maximum Gasteiger partial charge on any atom is 0.335 e. The Morgan fingerprint density at radius 3 is 2.22 bits per heavy atom. The van der Waals surface area contributed by atoms with Gasteiger partial charge >= 0.3 is 5.97 Å². The van der Waals surface area contributed by atoms with Crippen molar-refractivity contribution in [2.45, 2.75) is 75.8 Å². The van der Waals surface area contributed by atoms with E-state index >= 15 is 0 Å². The molecule has 3 atom stereocenters. The average molecular weight is 634 g/mol. The molecule has 1 heterocycles. The van der Waals surface area contributed by atoms with E-state index in [1.54, 1.807) is 18.2 Å². The second-order valence-corrected chi connectivity index (χ2v) is 11.5. The van der Waals surface area contributed by atoms with Crippen molar-refractivity contribution in [2.24, 2.45) is 5.92 Å². The van der Waals surface area contributed by atoms with E-state index in [2.05, 4.69) is 10.6 Å². The van der Waals surface area contributed by atoms with Gasteiger partial charge in [0.25, 0.3) is 5.91 Å². The number of hydrogen-bond acceptors (Lipinski definition) is 5. The molecule has 1 aliphatic heterocycles. The van der Waals surface area contributed by atoms with Crippen molar-refractivity contribution in [2.75, 3.05) is 13.1 Å². The minimum atomic E-state index is -3.01. The standard InChI is InChI=1S/C32H35F4N3O6/c33-23-13-20(32(44)45)14-24(34)22(23)10-11-37-29(41)25(16-28(35)36)38-30(42)26-15-21(19-8-2-1-3-9-19)17-39(26)31(43)27(40)12-18-6-4-5-7-18/h1-3,8-9,13-14,18,21,25-26,28H,4-7,10-12,15-17H2,(H,37,41)(H,38,42)(H,44,45)/t21-,25+,26?/m1/s1. The summed E-state index contributed by atoms with van der Waals surface area (Å²) in [5, 5.41) is 13.5. The van der Waals surface area contributed by atoms with E-state index in [0.29, 0.717) is 12.1 Å². The number of rotatable bonds is 13. The van der Waals surface area contributed by atoms with Crippen LogP contribution in [-0.4, -0.2) is 71.1 Å². The van der Waals surface area contributed by atoms with Crippen LogP contribution in [0.5, 0.6) is 0 Å². The van der Waals surface area contributed by atoms with Crippen molar-refractivity contribution in [1.29, 1.82) is 0 Å². The highest BCUT2D eigenvalue weighted by Gasteiger charge is 2.43. The van der Waals surface area contributed by atoms with Crippen molar-refractivity contribution in [1.82, 2.24) is 15.5 Å². The lowest BCUT2D eigenvalue weighted by Gasteiger charge is -2.26. The topological polar surface area (TPSA) is 133 Å². The fraction of sp³-hybridized carbons (Fsp3) is 0.469. The number of carbonyl (C=O) groups is 5. The number of ketones is 1. The maximum atomic E-state index is 14.3. The van der Waals surface area contributed by atoms with Crippen LogP contribution in [0.4, 0.5) is 17.6 Å². The van der Waals surface area contributed by atoms with E-state index in [1.165, 1.54) is 0 Å². The lowest BCUT2D eigenvalue weighted by molar-refractivity contribution is -0.148. The molecule has 2 aromatic rings. The van der Waals surface area contributed by atoms with Crippen LogP contribution in [0, 0.1) is 17.6 Å². The third-order valence-electron chi connectivity index (χ3n) is 8.43. The SMILES string of the molecule is O=C(CC1CCCC1)C(=O)N1C[C@H](c2ccccc2)CC1C(=O)N[C@@H](CC(F)F)C(=O)NCCc1c(F)cc(C(=O)O)cc1F. The highest BCUT2D eigenvalue weighted by atomic mass is 19.3. The molecule has 0 spiro atoms. The Balaban J connectivity index is 1.45. The molecule has 242 valence electrons. The number of nitrogens with one attached hydrogen (secondary N) is 2. The molecule has 0 aromatic heterocycles. The summed E-state index contributed by atoms with van der Waals surface area (Å²) in [6, 6.07) is 7.34. The second-order valence-electron chi connectivity index (χ2n) is 11.5. The van der Waals surface area contributed by atoms with Crippen molar-refractivity contribution in [3.05, 3.63) is 70.8 Å². The van der Waals surface area contributed by atoms with Gasteiger partial charge in [0.15, 0.2) is 0 Å². The van der Waals surface area contributed by atoms with Crippen LogP contribution in [0.2, 0.25) is 0 Å². The summed E-state index contributed by atoms with van der Waals surface area (Å²) in [6.45, 7) is -0.352. The van der Waals surface area contributed by atoms with Crippen LogP contribution in [0.25, 0.3) is 0 Å². The van der Waals surface area contributed by atoms with E-state index in [0.717, 1.165) is 36.1 Å². The number of hydrogen-bond donors (Lipinski definition) is 3. The van der Waals surface area contributed by atoms with Crippen LogP contribution < -0.4 is 10.6 Å². The molecule has 2 fully saturated rings. The van der Waals surface area contributed by atoms with Crippen molar-refractivity contribution in [3.8, 4) is 0 Å². The Kier molecular flexibility index (Phi) is 11.3. The first kappa shape index (κ1) is 33.6. The largest absolute Gasteiger partial charge is 0.478 e. The number of nitrogens with zero attached hydrogens (tertiary/aromatic N) is 1. The third-order valence-corrected chi connectivity index (χ3v) is 8.43. The van der Waals surface area contributed by atoms with E-state index in [4.69, 9.17) is 5.11 Å². The average Bonchev–Trinajstić information content (AvgIpc) is 3.68. The number of alkyl halides is 2. The van der Waals surface area contributed by atoms with Crippen LogP contribution in [0.3, 0.4) is 0 Å². The van der Waals surface area contributed by atoms with Gasteiger partial charge in [0.05, 0.1) is 5.56 Å². The number of carbonyl (C=O) groups excluding carboxylic acids is 4. The first-order valence-electron chi connectivity index (χ1n) is 14.9. The molecule has 3 N–H and O–H groups in total. The minimum absolute atomic E-state index is 0.0564. The Labute approximate surface area is 257 Å². The number of likely N-dealkylation sites (tertiary alicyclic amines) is 1. The van der Waals surface area contributed by atoms with Gasteiger partial charge in [0, 0.05) is 37.4 Å². The first-order chi connectivity index (χ1) is 21.4. The fourth-order valence-electron chi connectivity index (χ4n) is 6.08. The molecule has 4 rings (SSSR count). The monoisotopic (exact) mass is 633 g/mol. The second kappa shape index (κ2) is 15.1. The summed E-state index contributed by atoms with van der Waals surface area (Å²) in [6.07, 6.45) is -0.701. The fourth-order valence-corrected chi connectivity index (χ4v) is 6.08. The van der Waals surface area contributed by atoms with Crippen molar-refractivity contribution in [3.63, 3.8) is 0 Å². The minimum Gasteiger partial charge on any atom is -0.478 e.